The van der Waals surface area contributed by atoms with Crippen LogP contribution in [-0.2, 0) is 23.6 Å². The van der Waals surface area contributed by atoms with E-state index in [1.807, 2.05) is 6.07 Å². The molecule has 132 valence electrons. The number of aromatic nitrogens is 2. The molecular formula is C16H17N3O5S. The van der Waals surface area contributed by atoms with E-state index in [-0.39, 0.29) is 16.4 Å². The van der Waals surface area contributed by atoms with Crippen molar-refractivity contribution >= 4 is 28.5 Å². The third-order valence-electron chi connectivity index (χ3n) is 3.39. The summed E-state index contributed by atoms with van der Waals surface area (Å²) in [5.74, 6) is -1.12. The first-order valence-corrected chi connectivity index (χ1v) is 8.18. The first kappa shape index (κ1) is 18.5. The van der Waals surface area contributed by atoms with Gasteiger partial charge in [-0.15, -0.1) is 0 Å². The highest BCUT2D eigenvalue weighted by Gasteiger charge is 2.21. The summed E-state index contributed by atoms with van der Waals surface area (Å²) in [4.78, 5) is 40.2. The largest absolute Gasteiger partial charge is 0.494 e. The maximum absolute atomic E-state index is 12.5. The number of carbonyl (C=O) groups is 1. The Labute approximate surface area is 147 Å². The minimum absolute atomic E-state index is 0.104. The molecule has 2 aromatic rings. The van der Waals surface area contributed by atoms with E-state index in [2.05, 4.69) is 9.73 Å². The van der Waals surface area contributed by atoms with Crippen molar-refractivity contribution in [3.8, 4) is 5.88 Å². The predicted octanol–water partition coefficient (Wildman–Crippen LogP) is 0.774. The number of aliphatic imine (C=N–C) groups is 1. The lowest BCUT2D eigenvalue weighted by Crippen LogP contribution is -2.39. The number of methoxy groups -OCH3 is 1. The van der Waals surface area contributed by atoms with Crippen LogP contribution in [0.1, 0.15) is 5.56 Å². The van der Waals surface area contributed by atoms with Gasteiger partial charge in [-0.2, -0.15) is 0 Å². The molecule has 8 nitrogen and oxygen atoms in total. The van der Waals surface area contributed by atoms with Gasteiger partial charge in [-0.3, -0.25) is 18.7 Å². The summed E-state index contributed by atoms with van der Waals surface area (Å²) >= 11 is 0.941. The van der Waals surface area contributed by atoms with E-state index in [0.717, 1.165) is 20.9 Å². The van der Waals surface area contributed by atoms with Crippen molar-refractivity contribution in [2.45, 2.75) is 0 Å². The number of rotatable bonds is 4. The zero-order valence-corrected chi connectivity index (χ0v) is 14.7. The van der Waals surface area contributed by atoms with Crippen molar-refractivity contribution in [3.63, 3.8) is 0 Å². The normalized spacial score (nSPS) is 11.4. The molecule has 0 saturated heterocycles. The Balaban J connectivity index is 2.64. The van der Waals surface area contributed by atoms with Gasteiger partial charge >= 0.3 is 11.7 Å². The molecule has 0 aliphatic heterocycles. The van der Waals surface area contributed by atoms with Crippen molar-refractivity contribution in [1.29, 1.82) is 0 Å². The molecule has 1 N–H and O–H groups in total. The third-order valence-corrected chi connectivity index (χ3v) is 4.34. The van der Waals surface area contributed by atoms with Gasteiger partial charge in [0.2, 0.25) is 5.88 Å². The van der Waals surface area contributed by atoms with Gasteiger partial charge in [0.25, 0.3) is 5.56 Å². The van der Waals surface area contributed by atoms with Crippen LogP contribution in [-0.4, -0.2) is 38.1 Å². The van der Waals surface area contributed by atoms with Crippen LogP contribution in [0.5, 0.6) is 5.88 Å². The summed E-state index contributed by atoms with van der Waals surface area (Å²) in [6.45, 7) is 0. The fraction of sp³-hybridized carbons (Fsp3) is 0.250. The predicted molar refractivity (Wildman–Crippen MR) is 95.7 cm³/mol. The Kier molecular flexibility index (Phi) is 5.81. The average molecular weight is 363 g/mol. The van der Waals surface area contributed by atoms with Gasteiger partial charge in [-0.05, 0) is 12.1 Å². The molecule has 1 aromatic heterocycles. The molecule has 0 fully saturated rings. The lowest BCUT2D eigenvalue weighted by molar-refractivity contribution is -0.137. The van der Waals surface area contributed by atoms with Crippen LogP contribution < -0.4 is 11.2 Å². The number of benzene rings is 1. The Morgan fingerprint density at radius 2 is 1.84 bits per heavy atom. The fourth-order valence-electron chi connectivity index (χ4n) is 1.99. The summed E-state index contributed by atoms with van der Waals surface area (Å²) in [5, 5.41) is 10.4. The highest BCUT2D eigenvalue weighted by molar-refractivity contribution is 8.15. The molecule has 1 aromatic carbocycles. The molecule has 0 aliphatic carbocycles. The quantitative estimate of drug-likeness (QED) is 0.489. The van der Waals surface area contributed by atoms with Gasteiger partial charge in [0.05, 0.1) is 18.6 Å². The monoisotopic (exact) mass is 363 g/mol. The number of thioether (sulfide) groups is 1. The molecule has 0 atom stereocenters. The minimum atomic E-state index is -0.701. The summed E-state index contributed by atoms with van der Waals surface area (Å²) in [6.07, 6.45) is 0. The zero-order valence-electron chi connectivity index (χ0n) is 13.9. The average Bonchev–Trinajstić information content (AvgIpc) is 2.63. The molecule has 9 heteroatoms. The number of hydrogen-bond acceptors (Lipinski definition) is 7. The summed E-state index contributed by atoms with van der Waals surface area (Å²) in [7, 11) is 3.89. The molecule has 0 saturated carbocycles. The van der Waals surface area contributed by atoms with Crippen molar-refractivity contribution in [1.82, 2.24) is 9.13 Å². The van der Waals surface area contributed by atoms with E-state index in [4.69, 9.17) is 0 Å². The van der Waals surface area contributed by atoms with Crippen LogP contribution in [0.15, 0.2) is 44.9 Å². The number of para-hydroxylation sites is 1. The second kappa shape index (κ2) is 7.84. The van der Waals surface area contributed by atoms with Gasteiger partial charge in [-0.1, -0.05) is 30.0 Å². The standard InChI is InChI=1S/C16H17N3O5S/c1-18-14(21)12(15(22)19(2)16(18)23)13(25-9-11(20)24-3)17-10-7-5-4-6-8-10/h4-8,21H,9H2,1-3H3. The maximum atomic E-state index is 12.5. The molecule has 2 rings (SSSR count). The highest BCUT2D eigenvalue weighted by atomic mass is 32.2. The second-order valence-electron chi connectivity index (χ2n) is 5.02. The Morgan fingerprint density at radius 1 is 1.20 bits per heavy atom. The van der Waals surface area contributed by atoms with Crippen LogP contribution in [0.4, 0.5) is 5.69 Å². The van der Waals surface area contributed by atoms with E-state index < -0.39 is 23.1 Å². The first-order valence-electron chi connectivity index (χ1n) is 7.19. The van der Waals surface area contributed by atoms with Crippen LogP contribution in [0, 0.1) is 0 Å². The van der Waals surface area contributed by atoms with Crippen LogP contribution in [0.3, 0.4) is 0 Å². The molecule has 0 aliphatic rings. The number of aromatic hydroxyl groups is 1. The van der Waals surface area contributed by atoms with Crippen molar-refractivity contribution in [2.24, 2.45) is 19.1 Å². The number of hydrogen-bond donors (Lipinski definition) is 1. The molecule has 0 spiro atoms. The second-order valence-corrected chi connectivity index (χ2v) is 5.99. The van der Waals surface area contributed by atoms with Gasteiger partial charge in [0.15, 0.2) is 0 Å². The smallest absolute Gasteiger partial charge is 0.333 e. The zero-order chi connectivity index (χ0) is 18.6. The van der Waals surface area contributed by atoms with Gasteiger partial charge in [0, 0.05) is 14.1 Å². The van der Waals surface area contributed by atoms with Gasteiger partial charge in [0.1, 0.15) is 10.6 Å². The Bertz CT molecular complexity index is 931. The van der Waals surface area contributed by atoms with Crippen molar-refractivity contribution in [2.75, 3.05) is 12.9 Å². The number of esters is 1. The first-order chi connectivity index (χ1) is 11.9. The van der Waals surface area contributed by atoms with Crippen molar-refractivity contribution < 1.29 is 14.6 Å². The molecule has 1 heterocycles. The Hall–Kier alpha value is -2.81. The lowest BCUT2D eigenvalue weighted by Gasteiger charge is -2.12. The van der Waals surface area contributed by atoms with E-state index in [1.165, 1.54) is 21.2 Å². The minimum Gasteiger partial charge on any atom is -0.494 e. The SMILES string of the molecule is COC(=O)CSC(=Nc1ccccc1)c1c(O)n(C)c(=O)n(C)c1=O. The molecule has 0 bridgehead atoms. The Morgan fingerprint density at radius 3 is 2.44 bits per heavy atom. The van der Waals surface area contributed by atoms with Crippen LogP contribution >= 0.6 is 11.8 Å². The van der Waals surface area contributed by atoms with Crippen LogP contribution in [0.2, 0.25) is 0 Å². The van der Waals surface area contributed by atoms with E-state index in [1.54, 1.807) is 24.3 Å². The van der Waals surface area contributed by atoms with Gasteiger partial charge < -0.3 is 9.84 Å². The number of nitrogens with zero attached hydrogens (tertiary/aromatic N) is 3. The molecule has 0 unspecified atom stereocenters. The number of carbonyl (C=O) groups excluding carboxylic acids is 1. The summed E-state index contributed by atoms with van der Waals surface area (Å²) < 4.78 is 6.41. The van der Waals surface area contributed by atoms with E-state index in [0.29, 0.717) is 5.69 Å². The molecule has 0 amide bonds. The number of ether oxygens (including phenoxy) is 1. The van der Waals surface area contributed by atoms with E-state index in [9.17, 15) is 19.5 Å². The molecule has 25 heavy (non-hydrogen) atoms. The lowest BCUT2D eigenvalue weighted by atomic mass is 10.3. The fourth-order valence-corrected chi connectivity index (χ4v) is 2.85. The topological polar surface area (TPSA) is 103 Å². The highest BCUT2D eigenvalue weighted by Crippen LogP contribution is 2.22. The summed E-state index contributed by atoms with van der Waals surface area (Å²) in [5.41, 5.74) is -0.983. The molecular weight excluding hydrogens is 346 g/mol. The maximum Gasteiger partial charge on any atom is 0.333 e. The van der Waals surface area contributed by atoms with Gasteiger partial charge in [-0.25, -0.2) is 9.79 Å². The molecule has 0 radical (unpaired) electrons. The third kappa shape index (κ3) is 4.00. The summed E-state index contributed by atoms with van der Waals surface area (Å²) in [6, 6.07) is 8.76. The van der Waals surface area contributed by atoms with Crippen LogP contribution in [0.25, 0.3) is 0 Å². The van der Waals surface area contributed by atoms with Crippen molar-refractivity contribution in [3.05, 3.63) is 56.7 Å². The van der Waals surface area contributed by atoms with E-state index >= 15 is 0 Å².